The number of aromatic nitrogens is 3. The van der Waals surface area contributed by atoms with E-state index in [9.17, 15) is 4.79 Å². The van der Waals surface area contributed by atoms with Gasteiger partial charge in [0, 0.05) is 17.8 Å². The first-order valence-electron chi connectivity index (χ1n) is 7.88. The van der Waals surface area contributed by atoms with E-state index in [0.717, 1.165) is 34.0 Å². The molecule has 1 aromatic heterocycles. The van der Waals surface area contributed by atoms with Gasteiger partial charge in [0.15, 0.2) is 0 Å². The highest BCUT2D eigenvalue weighted by Gasteiger charge is 2.10. The molecule has 24 heavy (non-hydrogen) atoms. The van der Waals surface area contributed by atoms with Crippen molar-refractivity contribution in [1.82, 2.24) is 15.0 Å². The van der Waals surface area contributed by atoms with Crippen LogP contribution in [-0.4, -0.2) is 20.9 Å². The quantitative estimate of drug-likeness (QED) is 0.624. The standard InChI is InChI=1S/C19H16N4O/c1-2-23-18-10-8-15(12-17(18)21-22-23)19(24)20-16-9-7-13-5-3-4-6-14(13)11-16/h3-12H,2H2,1H3,(H,20,24). The molecule has 0 unspecified atom stereocenters. The van der Waals surface area contributed by atoms with Crippen LogP contribution in [0.15, 0.2) is 60.7 Å². The third kappa shape index (κ3) is 2.50. The number of carbonyl (C=O) groups excluding carboxylic acids is 1. The van der Waals surface area contributed by atoms with E-state index in [-0.39, 0.29) is 5.91 Å². The smallest absolute Gasteiger partial charge is 0.255 e. The molecule has 118 valence electrons. The topological polar surface area (TPSA) is 59.8 Å². The van der Waals surface area contributed by atoms with Crippen LogP contribution in [0.25, 0.3) is 21.8 Å². The number of fused-ring (bicyclic) bond motifs is 2. The molecule has 0 saturated carbocycles. The van der Waals surface area contributed by atoms with Crippen LogP contribution in [0.2, 0.25) is 0 Å². The van der Waals surface area contributed by atoms with Crippen molar-refractivity contribution in [2.45, 2.75) is 13.5 Å². The van der Waals surface area contributed by atoms with Gasteiger partial charge < -0.3 is 5.32 Å². The first-order chi connectivity index (χ1) is 11.7. The van der Waals surface area contributed by atoms with Gasteiger partial charge in [-0.05, 0) is 48.0 Å². The third-order valence-electron chi connectivity index (χ3n) is 4.08. The lowest BCUT2D eigenvalue weighted by molar-refractivity contribution is 0.102. The number of aryl methyl sites for hydroxylation is 1. The van der Waals surface area contributed by atoms with E-state index in [0.29, 0.717) is 5.56 Å². The van der Waals surface area contributed by atoms with Crippen molar-refractivity contribution in [2.24, 2.45) is 0 Å². The molecular weight excluding hydrogens is 300 g/mol. The molecular formula is C19H16N4O. The van der Waals surface area contributed by atoms with Crippen molar-refractivity contribution in [3.63, 3.8) is 0 Å². The summed E-state index contributed by atoms with van der Waals surface area (Å²) in [5, 5.41) is 13.4. The summed E-state index contributed by atoms with van der Waals surface area (Å²) in [5.74, 6) is -0.154. The zero-order chi connectivity index (χ0) is 16.5. The number of rotatable bonds is 3. The average Bonchev–Trinajstić information content (AvgIpc) is 3.04. The van der Waals surface area contributed by atoms with Gasteiger partial charge in [0.05, 0.1) is 5.52 Å². The predicted octanol–water partition coefficient (Wildman–Crippen LogP) is 3.86. The maximum atomic E-state index is 12.5. The highest BCUT2D eigenvalue weighted by atomic mass is 16.1. The molecule has 0 aliphatic carbocycles. The second kappa shape index (κ2) is 5.77. The second-order valence-electron chi connectivity index (χ2n) is 5.62. The van der Waals surface area contributed by atoms with E-state index in [1.807, 2.05) is 55.5 Å². The molecule has 0 fully saturated rings. The van der Waals surface area contributed by atoms with Crippen LogP contribution in [0.1, 0.15) is 17.3 Å². The SMILES string of the molecule is CCn1nnc2cc(C(=O)Nc3ccc4ccccc4c3)ccc21. The average molecular weight is 316 g/mol. The van der Waals surface area contributed by atoms with E-state index in [1.54, 1.807) is 16.8 Å². The summed E-state index contributed by atoms with van der Waals surface area (Å²) >= 11 is 0. The van der Waals surface area contributed by atoms with Gasteiger partial charge in [-0.15, -0.1) is 5.10 Å². The zero-order valence-corrected chi connectivity index (χ0v) is 13.2. The number of anilines is 1. The van der Waals surface area contributed by atoms with E-state index in [4.69, 9.17) is 0 Å². The minimum atomic E-state index is -0.154. The molecule has 0 atom stereocenters. The summed E-state index contributed by atoms with van der Waals surface area (Å²) in [6.45, 7) is 2.76. The molecule has 1 heterocycles. The van der Waals surface area contributed by atoms with E-state index in [2.05, 4.69) is 15.6 Å². The van der Waals surface area contributed by atoms with Gasteiger partial charge in [0.2, 0.25) is 0 Å². The first kappa shape index (κ1) is 14.4. The van der Waals surface area contributed by atoms with Gasteiger partial charge in [0.1, 0.15) is 5.52 Å². The normalized spacial score (nSPS) is 11.0. The van der Waals surface area contributed by atoms with Crippen LogP contribution in [0.5, 0.6) is 0 Å². The molecule has 0 bridgehead atoms. The maximum absolute atomic E-state index is 12.5. The van der Waals surface area contributed by atoms with Crippen molar-refractivity contribution in [3.8, 4) is 0 Å². The van der Waals surface area contributed by atoms with Crippen LogP contribution in [0.3, 0.4) is 0 Å². The molecule has 1 N–H and O–H groups in total. The lowest BCUT2D eigenvalue weighted by Gasteiger charge is -2.07. The molecule has 4 aromatic rings. The summed E-state index contributed by atoms with van der Waals surface area (Å²) in [7, 11) is 0. The van der Waals surface area contributed by atoms with Crippen molar-refractivity contribution in [3.05, 3.63) is 66.2 Å². The highest BCUT2D eigenvalue weighted by molar-refractivity contribution is 6.06. The van der Waals surface area contributed by atoms with Crippen LogP contribution in [-0.2, 0) is 6.54 Å². The van der Waals surface area contributed by atoms with Gasteiger partial charge in [0.25, 0.3) is 5.91 Å². The van der Waals surface area contributed by atoms with E-state index in [1.165, 1.54) is 0 Å². The maximum Gasteiger partial charge on any atom is 0.255 e. The van der Waals surface area contributed by atoms with Crippen LogP contribution in [0.4, 0.5) is 5.69 Å². The molecule has 0 aliphatic rings. The minimum Gasteiger partial charge on any atom is -0.322 e. The Morgan fingerprint density at radius 3 is 2.71 bits per heavy atom. The summed E-state index contributed by atoms with van der Waals surface area (Å²) in [6, 6.07) is 19.4. The Balaban J connectivity index is 1.62. The number of nitrogens with one attached hydrogen (secondary N) is 1. The molecule has 0 radical (unpaired) electrons. The lowest BCUT2D eigenvalue weighted by atomic mass is 10.1. The van der Waals surface area contributed by atoms with Crippen LogP contribution >= 0.6 is 0 Å². The summed E-state index contributed by atoms with van der Waals surface area (Å²) in [5.41, 5.74) is 3.00. The summed E-state index contributed by atoms with van der Waals surface area (Å²) in [6.07, 6.45) is 0. The summed E-state index contributed by atoms with van der Waals surface area (Å²) < 4.78 is 1.81. The monoisotopic (exact) mass is 316 g/mol. The Bertz CT molecular complexity index is 1050. The Kier molecular flexibility index (Phi) is 3.46. The highest BCUT2D eigenvalue weighted by Crippen LogP contribution is 2.20. The van der Waals surface area contributed by atoms with Crippen molar-refractivity contribution in [2.75, 3.05) is 5.32 Å². The van der Waals surface area contributed by atoms with E-state index >= 15 is 0 Å². The minimum absolute atomic E-state index is 0.154. The number of carbonyl (C=O) groups is 1. The number of amides is 1. The fourth-order valence-corrected chi connectivity index (χ4v) is 2.82. The van der Waals surface area contributed by atoms with Crippen molar-refractivity contribution < 1.29 is 4.79 Å². The summed E-state index contributed by atoms with van der Waals surface area (Å²) in [4.78, 5) is 12.5. The Hall–Kier alpha value is -3.21. The van der Waals surface area contributed by atoms with Gasteiger partial charge >= 0.3 is 0 Å². The Morgan fingerprint density at radius 1 is 1.04 bits per heavy atom. The Morgan fingerprint density at radius 2 is 1.88 bits per heavy atom. The predicted molar refractivity (Wildman–Crippen MR) is 95.1 cm³/mol. The number of hydrogen-bond donors (Lipinski definition) is 1. The van der Waals surface area contributed by atoms with Gasteiger partial charge in [-0.3, -0.25) is 4.79 Å². The van der Waals surface area contributed by atoms with Gasteiger partial charge in [-0.1, -0.05) is 35.5 Å². The molecule has 5 heteroatoms. The van der Waals surface area contributed by atoms with Crippen LogP contribution < -0.4 is 5.32 Å². The Labute approximate surface area is 138 Å². The number of nitrogens with zero attached hydrogens (tertiary/aromatic N) is 3. The number of hydrogen-bond acceptors (Lipinski definition) is 3. The van der Waals surface area contributed by atoms with Gasteiger partial charge in [-0.2, -0.15) is 0 Å². The third-order valence-corrected chi connectivity index (χ3v) is 4.08. The molecule has 0 spiro atoms. The van der Waals surface area contributed by atoms with Crippen molar-refractivity contribution in [1.29, 1.82) is 0 Å². The zero-order valence-electron chi connectivity index (χ0n) is 13.2. The largest absolute Gasteiger partial charge is 0.322 e. The molecule has 5 nitrogen and oxygen atoms in total. The first-order valence-corrected chi connectivity index (χ1v) is 7.88. The molecule has 0 saturated heterocycles. The fourth-order valence-electron chi connectivity index (χ4n) is 2.82. The molecule has 0 aliphatic heterocycles. The number of benzene rings is 3. The van der Waals surface area contributed by atoms with Gasteiger partial charge in [-0.25, -0.2) is 4.68 Å². The van der Waals surface area contributed by atoms with Crippen LogP contribution in [0, 0.1) is 0 Å². The molecule has 3 aromatic carbocycles. The fraction of sp³-hybridized carbons (Fsp3) is 0.105. The molecule has 1 amide bonds. The van der Waals surface area contributed by atoms with E-state index < -0.39 is 0 Å². The molecule has 4 rings (SSSR count). The second-order valence-corrected chi connectivity index (χ2v) is 5.62. The lowest BCUT2D eigenvalue weighted by Crippen LogP contribution is -2.11. The van der Waals surface area contributed by atoms with Crippen molar-refractivity contribution >= 4 is 33.4 Å².